The predicted molar refractivity (Wildman–Crippen MR) is 123 cm³/mol. The molecule has 0 radical (unpaired) electrons. The number of rotatable bonds is 10. The van der Waals surface area contributed by atoms with Crippen LogP contribution in [0.4, 0.5) is 11.4 Å². The molecule has 0 aliphatic heterocycles. The molecule has 1 atom stereocenters. The Bertz CT molecular complexity index is 1090. The van der Waals surface area contributed by atoms with Crippen LogP contribution < -0.4 is 20.1 Å². The zero-order chi connectivity index (χ0) is 25.4. The second kappa shape index (κ2) is 11.8. The Labute approximate surface area is 200 Å². The number of nitro benzene ring substituents is 1. The third-order valence-electron chi connectivity index (χ3n) is 4.64. The van der Waals surface area contributed by atoms with Crippen LogP contribution in [0.15, 0.2) is 36.4 Å². The van der Waals surface area contributed by atoms with Crippen molar-refractivity contribution < 1.29 is 33.5 Å². The first kappa shape index (κ1) is 26.4. The summed E-state index contributed by atoms with van der Waals surface area (Å²) in [6.07, 6.45) is 0. The zero-order valence-electron chi connectivity index (χ0n) is 18.9. The summed E-state index contributed by atoms with van der Waals surface area (Å²) in [5.41, 5.74) is 0.0295. The van der Waals surface area contributed by atoms with Crippen LogP contribution in [0.1, 0.15) is 24.2 Å². The number of halogens is 1. The van der Waals surface area contributed by atoms with Crippen molar-refractivity contribution in [1.82, 2.24) is 5.32 Å². The van der Waals surface area contributed by atoms with Crippen LogP contribution >= 0.6 is 11.6 Å². The Hall–Kier alpha value is -3.86. The van der Waals surface area contributed by atoms with E-state index < -0.39 is 41.3 Å². The Kier molecular flexibility index (Phi) is 9.19. The van der Waals surface area contributed by atoms with Gasteiger partial charge in [-0.25, -0.2) is 4.79 Å². The van der Waals surface area contributed by atoms with Crippen molar-refractivity contribution in [2.75, 3.05) is 26.1 Å². The summed E-state index contributed by atoms with van der Waals surface area (Å²) in [4.78, 5) is 47.6. The topological polar surface area (TPSA) is 146 Å². The molecule has 2 amide bonds. The van der Waals surface area contributed by atoms with Crippen LogP contribution in [-0.4, -0.2) is 49.6 Å². The van der Waals surface area contributed by atoms with E-state index in [1.165, 1.54) is 20.3 Å². The van der Waals surface area contributed by atoms with E-state index in [-0.39, 0.29) is 16.3 Å². The lowest BCUT2D eigenvalue weighted by atomic mass is 10.0. The molecule has 0 aromatic heterocycles. The van der Waals surface area contributed by atoms with Crippen molar-refractivity contribution >= 4 is 40.8 Å². The van der Waals surface area contributed by atoms with Crippen LogP contribution in [0.25, 0.3) is 0 Å². The summed E-state index contributed by atoms with van der Waals surface area (Å²) in [6, 6.07) is 7.03. The number of carbonyl (C=O) groups excluding carboxylic acids is 3. The molecule has 34 heavy (non-hydrogen) atoms. The maximum absolute atomic E-state index is 12.6. The van der Waals surface area contributed by atoms with Crippen LogP contribution in [0, 0.1) is 16.0 Å². The zero-order valence-corrected chi connectivity index (χ0v) is 19.7. The molecule has 0 aliphatic rings. The summed E-state index contributed by atoms with van der Waals surface area (Å²) in [7, 11) is 2.92. The van der Waals surface area contributed by atoms with Crippen molar-refractivity contribution in [3.63, 3.8) is 0 Å². The second-order valence-corrected chi connectivity index (χ2v) is 7.75. The molecule has 0 bridgehead atoms. The van der Waals surface area contributed by atoms with Crippen LogP contribution in [0.5, 0.6) is 11.5 Å². The highest BCUT2D eigenvalue weighted by Gasteiger charge is 2.28. The first-order valence-corrected chi connectivity index (χ1v) is 10.4. The monoisotopic (exact) mass is 493 g/mol. The van der Waals surface area contributed by atoms with E-state index in [4.69, 9.17) is 25.8 Å². The van der Waals surface area contributed by atoms with Gasteiger partial charge in [-0.3, -0.25) is 19.7 Å². The number of esters is 1. The number of hydrogen-bond donors (Lipinski definition) is 2. The third kappa shape index (κ3) is 6.82. The number of carbonyl (C=O) groups is 3. The number of non-ortho nitro benzene ring substituents is 1. The molecule has 182 valence electrons. The third-order valence-corrected chi connectivity index (χ3v) is 4.96. The number of ether oxygens (including phenoxy) is 3. The molecule has 12 heteroatoms. The van der Waals surface area contributed by atoms with Crippen molar-refractivity contribution in [2.45, 2.75) is 19.9 Å². The summed E-state index contributed by atoms with van der Waals surface area (Å²) in [5.74, 6) is -1.68. The molecule has 0 saturated heterocycles. The van der Waals surface area contributed by atoms with Gasteiger partial charge in [-0.2, -0.15) is 0 Å². The number of nitro groups is 1. The number of nitrogens with zero attached hydrogens (tertiary/aromatic N) is 1. The number of methoxy groups -OCH3 is 2. The van der Waals surface area contributed by atoms with Gasteiger partial charge in [-0.05, 0) is 24.1 Å². The maximum atomic E-state index is 12.6. The number of benzene rings is 2. The van der Waals surface area contributed by atoms with E-state index in [2.05, 4.69) is 10.6 Å². The molecular weight excluding hydrogens is 470 g/mol. The molecule has 11 nitrogen and oxygen atoms in total. The lowest BCUT2D eigenvalue weighted by molar-refractivity contribution is -0.384. The van der Waals surface area contributed by atoms with Gasteiger partial charge >= 0.3 is 5.97 Å². The van der Waals surface area contributed by atoms with Crippen molar-refractivity contribution in [3.8, 4) is 11.5 Å². The minimum atomic E-state index is -1.10. The van der Waals surface area contributed by atoms with Gasteiger partial charge < -0.3 is 24.8 Å². The standard InChI is InChI=1S/C22H24ClN3O8/c1-12(2)20(25-21(28)15-7-5-13(26(30)31)9-16(15)23)22(29)34-11-19(27)24-17-8-6-14(32-3)10-18(17)33-4/h5-10,12,20H,11H2,1-4H3,(H,24,27)(H,25,28). The van der Waals surface area contributed by atoms with Gasteiger partial charge in [0.1, 0.15) is 17.5 Å². The molecule has 0 fully saturated rings. The molecule has 2 N–H and O–H groups in total. The molecule has 0 saturated carbocycles. The fourth-order valence-electron chi connectivity index (χ4n) is 2.83. The predicted octanol–water partition coefficient (Wildman–Crippen LogP) is 3.20. The van der Waals surface area contributed by atoms with Gasteiger partial charge in [0, 0.05) is 18.2 Å². The normalized spacial score (nSPS) is 11.4. The van der Waals surface area contributed by atoms with Crippen LogP contribution in [0.3, 0.4) is 0 Å². The molecular formula is C22H24ClN3O8. The van der Waals surface area contributed by atoms with Gasteiger partial charge in [0.25, 0.3) is 17.5 Å². The second-order valence-electron chi connectivity index (χ2n) is 7.34. The van der Waals surface area contributed by atoms with Crippen molar-refractivity contribution in [1.29, 1.82) is 0 Å². The summed E-state index contributed by atoms with van der Waals surface area (Å²) < 4.78 is 15.4. The Morgan fingerprint density at radius 3 is 2.35 bits per heavy atom. The molecule has 0 spiro atoms. The fraction of sp³-hybridized carbons (Fsp3) is 0.318. The number of hydrogen-bond acceptors (Lipinski definition) is 8. The number of anilines is 1. The maximum Gasteiger partial charge on any atom is 0.329 e. The van der Waals surface area contributed by atoms with Crippen molar-refractivity contribution in [2.24, 2.45) is 5.92 Å². The first-order chi connectivity index (χ1) is 16.1. The quantitative estimate of drug-likeness (QED) is 0.291. The Morgan fingerprint density at radius 2 is 1.79 bits per heavy atom. The van der Waals surface area contributed by atoms with Crippen molar-refractivity contribution in [3.05, 3.63) is 57.1 Å². The molecule has 1 unspecified atom stereocenters. The van der Waals surface area contributed by atoms with Gasteiger partial charge in [0.2, 0.25) is 0 Å². The molecule has 2 rings (SSSR count). The first-order valence-electron chi connectivity index (χ1n) is 10.0. The average molecular weight is 494 g/mol. The molecule has 0 aliphatic carbocycles. The highest BCUT2D eigenvalue weighted by atomic mass is 35.5. The minimum absolute atomic E-state index is 0.0462. The van der Waals surface area contributed by atoms with E-state index in [1.54, 1.807) is 32.0 Å². The van der Waals surface area contributed by atoms with Crippen LogP contribution in [0.2, 0.25) is 5.02 Å². The number of amides is 2. The number of nitrogens with one attached hydrogen (secondary N) is 2. The highest BCUT2D eigenvalue weighted by molar-refractivity contribution is 6.34. The fourth-order valence-corrected chi connectivity index (χ4v) is 3.09. The SMILES string of the molecule is COc1ccc(NC(=O)COC(=O)C(NC(=O)c2ccc([N+](=O)[O-])cc2Cl)C(C)C)c(OC)c1. The Balaban J connectivity index is 2.02. The summed E-state index contributed by atoms with van der Waals surface area (Å²) in [6.45, 7) is 2.74. The lowest BCUT2D eigenvalue weighted by Crippen LogP contribution is -2.46. The summed E-state index contributed by atoms with van der Waals surface area (Å²) >= 11 is 5.98. The largest absolute Gasteiger partial charge is 0.497 e. The van der Waals surface area contributed by atoms with E-state index in [1.807, 2.05) is 0 Å². The molecule has 2 aromatic rings. The Morgan fingerprint density at radius 1 is 1.09 bits per heavy atom. The van der Waals surface area contributed by atoms with Gasteiger partial charge in [-0.1, -0.05) is 25.4 Å². The minimum Gasteiger partial charge on any atom is -0.497 e. The van der Waals surface area contributed by atoms with E-state index in [9.17, 15) is 24.5 Å². The lowest BCUT2D eigenvalue weighted by Gasteiger charge is -2.21. The van der Waals surface area contributed by atoms with Crippen LogP contribution in [-0.2, 0) is 14.3 Å². The highest BCUT2D eigenvalue weighted by Crippen LogP contribution is 2.29. The van der Waals surface area contributed by atoms with Gasteiger partial charge in [0.15, 0.2) is 6.61 Å². The average Bonchev–Trinajstić information content (AvgIpc) is 2.80. The van der Waals surface area contributed by atoms with E-state index in [0.717, 1.165) is 12.1 Å². The van der Waals surface area contributed by atoms with Gasteiger partial charge in [-0.15, -0.1) is 0 Å². The molecule has 0 heterocycles. The summed E-state index contributed by atoms with van der Waals surface area (Å²) in [5, 5.41) is 15.8. The van der Waals surface area contributed by atoms with Gasteiger partial charge in [0.05, 0.1) is 35.4 Å². The smallest absolute Gasteiger partial charge is 0.329 e. The van der Waals surface area contributed by atoms with E-state index in [0.29, 0.717) is 17.2 Å². The molecule has 2 aromatic carbocycles. The van der Waals surface area contributed by atoms with E-state index >= 15 is 0 Å².